The molecule has 3 aromatic carbocycles. The van der Waals surface area contributed by atoms with E-state index in [0.29, 0.717) is 29.7 Å². The number of aryl methyl sites for hydroxylation is 1. The van der Waals surface area contributed by atoms with Crippen LogP contribution in [0.3, 0.4) is 0 Å². The van der Waals surface area contributed by atoms with Crippen molar-refractivity contribution in [3.8, 4) is 5.75 Å². The van der Waals surface area contributed by atoms with Crippen molar-refractivity contribution in [2.75, 3.05) is 6.61 Å². The fourth-order valence-corrected chi connectivity index (χ4v) is 3.67. The predicted molar refractivity (Wildman–Crippen MR) is 138 cm³/mol. The molecule has 0 radical (unpaired) electrons. The van der Waals surface area contributed by atoms with Gasteiger partial charge in [-0.2, -0.15) is 0 Å². The highest BCUT2D eigenvalue weighted by Gasteiger charge is 2.21. The minimum absolute atomic E-state index is 0.0941. The zero-order chi connectivity index (χ0) is 26.6. The summed E-state index contributed by atoms with van der Waals surface area (Å²) in [4.78, 5) is 36.5. The highest BCUT2D eigenvalue weighted by molar-refractivity contribution is 5.88. The standard InChI is InChI=1S/C28H31FN4O4/c29-24-14-21(6-10-22(24)16-30)17-32-28(36)25(15-20-4-2-1-3-5-20)33-27(35)13-9-19-7-11-23(12-8-19)37-18-26(31)34/h1-8,10-12,14,25H,9,13,15-18,30H2,(H2,31,34)(H,32,36)(H,33,35)/t25-/m0/s1. The van der Waals surface area contributed by atoms with Crippen LogP contribution in [0.5, 0.6) is 5.75 Å². The number of rotatable bonds is 13. The van der Waals surface area contributed by atoms with Crippen molar-refractivity contribution >= 4 is 17.7 Å². The molecule has 0 saturated heterocycles. The monoisotopic (exact) mass is 506 g/mol. The number of nitrogens with two attached hydrogens (primary N) is 2. The lowest BCUT2D eigenvalue weighted by molar-refractivity contribution is -0.129. The van der Waals surface area contributed by atoms with Gasteiger partial charge in [-0.25, -0.2) is 4.39 Å². The Morgan fingerprint density at radius 1 is 0.919 bits per heavy atom. The van der Waals surface area contributed by atoms with Crippen molar-refractivity contribution in [2.24, 2.45) is 11.5 Å². The van der Waals surface area contributed by atoms with Gasteiger partial charge in [0.15, 0.2) is 6.61 Å². The summed E-state index contributed by atoms with van der Waals surface area (Å²) < 4.78 is 19.3. The summed E-state index contributed by atoms with van der Waals surface area (Å²) >= 11 is 0. The Morgan fingerprint density at radius 2 is 1.62 bits per heavy atom. The number of ether oxygens (including phenoxy) is 1. The molecule has 0 heterocycles. The largest absolute Gasteiger partial charge is 0.484 e. The third-order valence-corrected chi connectivity index (χ3v) is 5.68. The van der Waals surface area contributed by atoms with E-state index < -0.39 is 17.8 Å². The van der Waals surface area contributed by atoms with Crippen LogP contribution in [0, 0.1) is 5.82 Å². The molecular formula is C28H31FN4O4. The number of nitrogens with one attached hydrogen (secondary N) is 2. The third-order valence-electron chi connectivity index (χ3n) is 5.68. The lowest BCUT2D eigenvalue weighted by Crippen LogP contribution is -2.47. The maximum atomic E-state index is 14.0. The second-order valence-electron chi connectivity index (χ2n) is 8.56. The molecule has 0 bridgehead atoms. The van der Waals surface area contributed by atoms with Crippen molar-refractivity contribution in [1.29, 1.82) is 0 Å². The molecule has 3 aromatic rings. The first-order valence-corrected chi connectivity index (χ1v) is 11.9. The van der Waals surface area contributed by atoms with Gasteiger partial charge >= 0.3 is 0 Å². The van der Waals surface area contributed by atoms with E-state index in [4.69, 9.17) is 16.2 Å². The molecule has 0 fully saturated rings. The van der Waals surface area contributed by atoms with Gasteiger partial charge in [0.05, 0.1) is 0 Å². The minimum Gasteiger partial charge on any atom is -0.484 e. The van der Waals surface area contributed by atoms with Gasteiger partial charge in [0, 0.05) is 31.5 Å². The summed E-state index contributed by atoms with van der Waals surface area (Å²) in [7, 11) is 0. The first-order valence-electron chi connectivity index (χ1n) is 11.9. The summed E-state index contributed by atoms with van der Waals surface area (Å²) in [5, 5.41) is 5.62. The maximum Gasteiger partial charge on any atom is 0.255 e. The van der Waals surface area contributed by atoms with E-state index in [-0.39, 0.29) is 37.9 Å². The van der Waals surface area contributed by atoms with E-state index in [9.17, 15) is 18.8 Å². The molecule has 0 saturated carbocycles. The van der Waals surface area contributed by atoms with E-state index in [2.05, 4.69) is 10.6 Å². The number of hydrogen-bond donors (Lipinski definition) is 4. The smallest absolute Gasteiger partial charge is 0.255 e. The molecule has 0 spiro atoms. The molecule has 0 aliphatic carbocycles. The van der Waals surface area contributed by atoms with Crippen molar-refractivity contribution in [1.82, 2.24) is 10.6 Å². The highest BCUT2D eigenvalue weighted by atomic mass is 19.1. The van der Waals surface area contributed by atoms with E-state index in [1.165, 1.54) is 6.07 Å². The van der Waals surface area contributed by atoms with Crippen LogP contribution in [0.1, 0.15) is 28.7 Å². The van der Waals surface area contributed by atoms with Crippen LogP contribution < -0.4 is 26.8 Å². The Hall–Kier alpha value is -4.24. The van der Waals surface area contributed by atoms with Gasteiger partial charge in [-0.3, -0.25) is 14.4 Å². The summed E-state index contributed by atoms with van der Waals surface area (Å²) in [5.41, 5.74) is 13.4. The van der Waals surface area contributed by atoms with Gasteiger partial charge in [-0.05, 0) is 41.3 Å². The van der Waals surface area contributed by atoms with Crippen LogP contribution in [0.15, 0.2) is 72.8 Å². The van der Waals surface area contributed by atoms with Crippen LogP contribution in [-0.4, -0.2) is 30.4 Å². The normalized spacial score (nSPS) is 11.4. The summed E-state index contributed by atoms with van der Waals surface area (Å²) in [6, 6.07) is 20.2. The molecule has 3 rings (SSSR count). The zero-order valence-corrected chi connectivity index (χ0v) is 20.4. The molecular weight excluding hydrogens is 475 g/mol. The molecule has 8 nitrogen and oxygen atoms in total. The highest BCUT2D eigenvalue weighted by Crippen LogP contribution is 2.14. The minimum atomic E-state index is -0.798. The topological polar surface area (TPSA) is 137 Å². The number of carbonyl (C=O) groups excluding carboxylic acids is 3. The predicted octanol–water partition coefficient (Wildman–Crippen LogP) is 2.12. The number of halogens is 1. The number of hydrogen-bond acceptors (Lipinski definition) is 5. The molecule has 194 valence electrons. The molecule has 0 aliphatic heterocycles. The maximum absolute atomic E-state index is 14.0. The number of benzene rings is 3. The van der Waals surface area contributed by atoms with Crippen molar-refractivity contribution in [3.63, 3.8) is 0 Å². The Morgan fingerprint density at radius 3 is 2.27 bits per heavy atom. The fourth-order valence-electron chi connectivity index (χ4n) is 3.67. The lowest BCUT2D eigenvalue weighted by atomic mass is 10.0. The van der Waals surface area contributed by atoms with Crippen molar-refractivity contribution in [3.05, 3.63) is 101 Å². The quantitative estimate of drug-likeness (QED) is 0.282. The second kappa shape index (κ2) is 13.7. The average Bonchev–Trinajstić information content (AvgIpc) is 2.90. The van der Waals surface area contributed by atoms with Gasteiger partial charge < -0.3 is 26.8 Å². The van der Waals surface area contributed by atoms with Gasteiger partial charge in [0.25, 0.3) is 5.91 Å². The second-order valence-corrected chi connectivity index (χ2v) is 8.56. The van der Waals surface area contributed by atoms with Crippen LogP contribution in [-0.2, 0) is 40.3 Å². The van der Waals surface area contributed by atoms with E-state index >= 15 is 0 Å². The number of amides is 3. The van der Waals surface area contributed by atoms with E-state index in [1.54, 1.807) is 36.4 Å². The van der Waals surface area contributed by atoms with Gasteiger partial charge in [0.1, 0.15) is 17.6 Å². The summed E-state index contributed by atoms with van der Waals surface area (Å²) in [6.45, 7) is 0.00335. The fraction of sp³-hybridized carbons (Fsp3) is 0.250. The molecule has 9 heteroatoms. The Balaban J connectivity index is 1.58. The molecule has 3 amide bonds. The molecule has 0 aliphatic rings. The molecule has 37 heavy (non-hydrogen) atoms. The lowest BCUT2D eigenvalue weighted by Gasteiger charge is -2.19. The van der Waals surface area contributed by atoms with Crippen LogP contribution in [0.25, 0.3) is 0 Å². The molecule has 1 atom stereocenters. The van der Waals surface area contributed by atoms with Crippen molar-refractivity contribution < 1.29 is 23.5 Å². The van der Waals surface area contributed by atoms with Crippen LogP contribution >= 0.6 is 0 Å². The summed E-state index contributed by atoms with van der Waals surface area (Å²) in [6.07, 6.45) is 0.935. The first kappa shape index (κ1) is 27.3. The average molecular weight is 507 g/mol. The summed E-state index contributed by atoms with van der Waals surface area (Å²) in [5.74, 6) is -1.12. The zero-order valence-electron chi connectivity index (χ0n) is 20.4. The number of carbonyl (C=O) groups is 3. The first-order chi connectivity index (χ1) is 17.8. The molecule has 0 aromatic heterocycles. The van der Waals surface area contributed by atoms with Gasteiger partial charge in [-0.15, -0.1) is 0 Å². The molecule has 6 N–H and O–H groups in total. The Bertz CT molecular complexity index is 1200. The van der Waals surface area contributed by atoms with E-state index in [0.717, 1.165) is 11.1 Å². The number of primary amides is 1. The Kier molecular flexibility index (Phi) is 10.2. The van der Waals surface area contributed by atoms with Crippen LogP contribution in [0.4, 0.5) is 4.39 Å². The molecule has 0 unspecified atom stereocenters. The van der Waals surface area contributed by atoms with Crippen molar-refractivity contribution in [2.45, 2.75) is 38.4 Å². The van der Waals surface area contributed by atoms with Gasteiger partial charge in [-0.1, -0.05) is 54.6 Å². The Labute approximate surface area is 215 Å². The van der Waals surface area contributed by atoms with Gasteiger partial charge in [0.2, 0.25) is 11.8 Å². The van der Waals surface area contributed by atoms with E-state index in [1.807, 2.05) is 30.3 Å². The SMILES string of the molecule is NCc1ccc(CNC(=O)[C@H](Cc2ccccc2)NC(=O)CCc2ccc(OCC(N)=O)cc2)cc1F. The third kappa shape index (κ3) is 9.05. The van der Waals surface area contributed by atoms with Crippen LogP contribution in [0.2, 0.25) is 0 Å².